The Morgan fingerprint density at radius 1 is 1.00 bits per heavy atom. The monoisotopic (exact) mass is 872 g/mol. The number of nitrogens with zero attached hydrogens (tertiary/aromatic N) is 2. The Bertz CT molecular complexity index is 2450. The number of fused-ring (bicyclic) bond motifs is 2. The molecule has 1 atom stereocenters. The molecule has 1 aliphatic heterocycles. The van der Waals surface area contributed by atoms with Crippen molar-refractivity contribution >= 4 is 90.1 Å². The summed E-state index contributed by atoms with van der Waals surface area (Å²) in [7, 11) is 0. The fourth-order valence-corrected chi connectivity index (χ4v) is 9.20. The first-order chi connectivity index (χ1) is 24.4. The van der Waals surface area contributed by atoms with E-state index in [2.05, 4.69) is 62.8 Å². The third-order valence-electron chi connectivity index (χ3n) is 8.38. The molecule has 0 saturated carbocycles. The highest BCUT2D eigenvalue weighted by atomic mass is 127. The van der Waals surface area contributed by atoms with Gasteiger partial charge in [-0.25, -0.2) is 9.79 Å². The van der Waals surface area contributed by atoms with Crippen LogP contribution in [0.4, 0.5) is 0 Å². The maximum absolute atomic E-state index is 14.5. The number of hydrogen-bond acceptors (Lipinski definition) is 7. The second-order valence-corrected chi connectivity index (χ2v) is 15.4. The molecule has 0 amide bonds. The van der Waals surface area contributed by atoms with Crippen LogP contribution in [0.5, 0.6) is 5.75 Å². The third kappa shape index (κ3) is 6.86. The molecule has 0 radical (unpaired) electrons. The zero-order valence-electron chi connectivity index (χ0n) is 27.1. The van der Waals surface area contributed by atoms with Crippen molar-refractivity contribution in [3.63, 3.8) is 0 Å². The SMILES string of the molecule is CCOC(=O)C1=C(c2ccccc2)N=c2s/c(=C\c3cc(Br)cc(I)c3OCc3cccc4ccccc34)c(=O)n2[C@H]1c1ccc(SC)cc1. The van der Waals surface area contributed by atoms with Crippen LogP contribution in [-0.4, -0.2) is 23.4 Å². The molecule has 1 aliphatic rings. The minimum Gasteiger partial charge on any atom is -0.487 e. The molecule has 0 aliphatic carbocycles. The summed E-state index contributed by atoms with van der Waals surface area (Å²) in [5.74, 6) is 0.169. The summed E-state index contributed by atoms with van der Waals surface area (Å²) in [5.41, 5.74) is 3.94. The van der Waals surface area contributed by atoms with E-state index >= 15 is 0 Å². The molecule has 2 heterocycles. The lowest BCUT2D eigenvalue weighted by molar-refractivity contribution is -0.138. The highest BCUT2D eigenvalue weighted by molar-refractivity contribution is 14.1. The van der Waals surface area contributed by atoms with Crippen LogP contribution in [0.1, 0.15) is 35.2 Å². The smallest absolute Gasteiger partial charge is 0.338 e. The van der Waals surface area contributed by atoms with E-state index in [-0.39, 0.29) is 12.2 Å². The molecule has 10 heteroatoms. The molecule has 0 bridgehead atoms. The molecule has 250 valence electrons. The van der Waals surface area contributed by atoms with Crippen LogP contribution in [0.2, 0.25) is 0 Å². The summed E-state index contributed by atoms with van der Waals surface area (Å²) >= 11 is 8.84. The number of aromatic nitrogens is 1. The molecule has 6 aromatic rings. The van der Waals surface area contributed by atoms with Gasteiger partial charge in [0.05, 0.1) is 32.0 Å². The topological polar surface area (TPSA) is 69.9 Å². The van der Waals surface area contributed by atoms with Gasteiger partial charge in [0, 0.05) is 20.5 Å². The van der Waals surface area contributed by atoms with Crippen LogP contribution in [-0.2, 0) is 16.1 Å². The van der Waals surface area contributed by atoms with Crippen LogP contribution in [0.15, 0.2) is 134 Å². The highest BCUT2D eigenvalue weighted by Crippen LogP contribution is 2.36. The predicted octanol–water partition coefficient (Wildman–Crippen LogP) is 8.76. The second-order valence-electron chi connectivity index (χ2n) is 11.4. The maximum atomic E-state index is 14.5. The Morgan fingerprint density at radius 2 is 1.74 bits per heavy atom. The normalized spacial score (nSPS) is 14.4. The van der Waals surface area contributed by atoms with Crippen molar-refractivity contribution in [1.29, 1.82) is 0 Å². The van der Waals surface area contributed by atoms with Crippen molar-refractivity contribution in [3.05, 3.63) is 165 Å². The number of benzene rings is 5. The van der Waals surface area contributed by atoms with Gasteiger partial charge in [0.1, 0.15) is 12.4 Å². The van der Waals surface area contributed by atoms with Crippen molar-refractivity contribution < 1.29 is 14.3 Å². The molecular weight excluding hydrogens is 843 g/mol. The van der Waals surface area contributed by atoms with Crippen molar-refractivity contribution in [2.75, 3.05) is 12.9 Å². The first kappa shape index (κ1) is 34.5. The first-order valence-corrected chi connectivity index (χ1v) is 19.8. The van der Waals surface area contributed by atoms with E-state index in [1.165, 1.54) is 11.3 Å². The maximum Gasteiger partial charge on any atom is 0.338 e. The second kappa shape index (κ2) is 15.1. The van der Waals surface area contributed by atoms with E-state index in [9.17, 15) is 9.59 Å². The Balaban J connectivity index is 1.40. The summed E-state index contributed by atoms with van der Waals surface area (Å²) in [6.07, 6.45) is 3.87. The molecule has 0 fully saturated rings. The van der Waals surface area contributed by atoms with Gasteiger partial charge in [-0.15, -0.1) is 11.8 Å². The Kier molecular flexibility index (Phi) is 10.4. The zero-order valence-corrected chi connectivity index (χ0v) is 32.4. The van der Waals surface area contributed by atoms with Gasteiger partial charge >= 0.3 is 5.97 Å². The minimum absolute atomic E-state index is 0.191. The van der Waals surface area contributed by atoms with Crippen LogP contribution < -0.4 is 19.6 Å². The van der Waals surface area contributed by atoms with E-state index in [1.54, 1.807) is 23.3 Å². The predicted molar refractivity (Wildman–Crippen MR) is 214 cm³/mol. The number of halogens is 2. The highest BCUT2D eigenvalue weighted by Gasteiger charge is 2.35. The molecular formula is C40H30BrIN2O4S2. The van der Waals surface area contributed by atoms with Crippen molar-refractivity contribution in [1.82, 2.24) is 4.57 Å². The van der Waals surface area contributed by atoms with Gasteiger partial charge in [-0.05, 0) is 88.0 Å². The van der Waals surface area contributed by atoms with Gasteiger partial charge in [0.15, 0.2) is 4.80 Å². The van der Waals surface area contributed by atoms with Gasteiger partial charge in [-0.1, -0.05) is 112 Å². The van der Waals surface area contributed by atoms with Gasteiger partial charge in [0.25, 0.3) is 5.56 Å². The average Bonchev–Trinajstić information content (AvgIpc) is 3.44. The molecule has 50 heavy (non-hydrogen) atoms. The molecule has 0 unspecified atom stereocenters. The van der Waals surface area contributed by atoms with E-state index in [1.807, 2.05) is 97.3 Å². The molecule has 6 nitrogen and oxygen atoms in total. The lowest BCUT2D eigenvalue weighted by Crippen LogP contribution is -2.40. The van der Waals surface area contributed by atoms with Crippen molar-refractivity contribution in [3.8, 4) is 5.75 Å². The number of carbonyl (C=O) groups is 1. The van der Waals surface area contributed by atoms with Gasteiger partial charge in [0.2, 0.25) is 0 Å². The zero-order chi connectivity index (χ0) is 34.8. The van der Waals surface area contributed by atoms with E-state index < -0.39 is 12.0 Å². The summed E-state index contributed by atoms with van der Waals surface area (Å²) < 4.78 is 16.0. The van der Waals surface area contributed by atoms with Crippen LogP contribution in [0.3, 0.4) is 0 Å². The van der Waals surface area contributed by atoms with Crippen molar-refractivity contribution in [2.45, 2.75) is 24.5 Å². The standard InChI is InChI=1S/C40H30BrIN2O4S2/c1-3-47-39(46)34-35(25-11-5-4-6-12-25)43-40-44(36(34)26-16-18-30(49-2)19-17-26)38(45)33(50-40)21-28-20-29(41)22-32(42)37(28)48-23-27-14-9-13-24-10-7-8-15-31(24)27/h4-22,36H,3,23H2,1-2H3/b33-21-/t36-/m0/s1. The number of rotatable bonds is 9. The van der Waals surface area contributed by atoms with Gasteiger partial charge in [-0.3, -0.25) is 9.36 Å². The summed E-state index contributed by atoms with van der Waals surface area (Å²) in [5, 5.41) is 2.28. The number of thiazole rings is 1. The van der Waals surface area contributed by atoms with Crippen molar-refractivity contribution in [2.24, 2.45) is 4.99 Å². The number of thioether (sulfide) groups is 1. The fourth-order valence-electron chi connectivity index (χ4n) is 6.09. The summed E-state index contributed by atoms with van der Waals surface area (Å²) in [4.78, 5) is 34.9. The lowest BCUT2D eigenvalue weighted by atomic mass is 9.93. The molecule has 0 saturated heterocycles. The Morgan fingerprint density at radius 3 is 2.50 bits per heavy atom. The average molecular weight is 874 g/mol. The molecule has 1 aromatic heterocycles. The summed E-state index contributed by atoms with van der Waals surface area (Å²) in [6, 6.07) is 35.2. The summed E-state index contributed by atoms with van der Waals surface area (Å²) in [6.45, 7) is 2.32. The van der Waals surface area contributed by atoms with Gasteiger partial charge in [-0.2, -0.15) is 0 Å². The number of carbonyl (C=O) groups excluding carboxylic acids is 1. The third-order valence-corrected chi connectivity index (χ3v) is 11.4. The number of hydrogen-bond donors (Lipinski definition) is 0. The van der Waals surface area contributed by atoms with E-state index in [0.29, 0.717) is 33.0 Å². The first-order valence-electron chi connectivity index (χ1n) is 15.9. The Hall–Kier alpha value is -3.97. The molecule has 0 spiro atoms. The lowest BCUT2D eigenvalue weighted by Gasteiger charge is -2.26. The van der Waals surface area contributed by atoms with Gasteiger partial charge < -0.3 is 9.47 Å². The van der Waals surface area contributed by atoms with E-state index in [4.69, 9.17) is 14.5 Å². The minimum atomic E-state index is -0.747. The van der Waals surface area contributed by atoms with Crippen LogP contribution >= 0.6 is 61.6 Å². The largest absolute Gasteiger partial charge is 0.487 e. The molecule has 0 N–H and O–H groups in total. The number of esters is 1. The quantitative estimate of drug-likeness (QED) is 0.0827. The van der Waals surface area contributed by atoms with Crippen LogP contribution in [0.25, 0.3) is 22.5 Å². The molecule has 7 rings (SSSR count). The van der Waals surface area contributed by atoms with E-state index in [0.717, 1.165) is 46.0 Å². The fraction of sp³-hybridized carbons (Fsp3) is 0.125. The number of ether oxygens (including phenoxy) is 2. The van der Waals surface area contributed by atoms with Crippen LogP contribution in [0, 0.1) is 3.57 Å². The Labute approximate surface area is 319 Å². The molecule has 5 aromatic carbocycles.